The van der Waals surface area contributed by atoms with Gasteiger partial charge in [0.1, 0.15) is 5.69 Å². The summed E-state index contributed by atoms with van der Waals surface area (Å²) in [6.07, 6.45) is 3.66. The number of nitrogen functional groups attached to an aromatic ring is 1. The molecule has 80 valence electrons. The number of rotatable bonds is 3. The molecule has 2 aromatic rings. The highest BCUT2D eigenvalue weighted by molar-refractivity contribution is 5.54. The van der Waals surface area contributed by atoms with Gasteiger partial charge in [-0.1, -0.05) is 13.8 Å². The van der Waals surface area contributed by atoms with Gasteiger partial charge in [0.15, 0.2) is 5.95 Å². The molecule has 0 bridgehead atoms. The quantitative estimate of drug-likeness (QED) is 0.797. The van der Waals surface area contributed by atoms with E-state index in [1.165, 1.54) is 0 Å². The number of H-pyrrole nitrogens is 1. The van der Waals surface area contributed by atoms with Crippen LogP contribution in [0.5, 0.6) is 0 Å². The Balaban J connectivity index is 2.20. The van der Waals surface area contributed by atoms with Crippen LogP contribution in [0.4, 0.5) is 5.95 Å². The summed E-state index contributed by atoms with van der Waals surface area (Å²) in [6.45, 7) is 5.24. The van der Waals surface area contributed by atoms with Gasteiger partial charge in [-0.05, 0) is 12.0 Å². The zero-order valence-corrected chi connectivity index (χ0v) is 8.94. The normalized spacial score (nSPS) is 11.1. The second-order valence-electron chi connectivity index (χ2n) is 4.00. The van der Waals surface area contributed by atoms with Crippen molar-refractivity contribution in [3.05, 3.63) is 18.5 Å². The van der Waals surface area contributed by atoms with Crippen molar-refractivity contribution in [1.82, 2.24) is 19.7 Å². The van der Waals surface area contributed by atoms with Gasteiger partial charge in [-0.25, -0.2) is 4.98 Å². The molecule has 0 saturated carbocycles. The van der Waals surface area contributed by atoms with E-state index in [1.807, 2.05) is 16.9 Å². The molecule has 0 fully saturated rings. The summed E-state index contributed by atoms with van der Waals surface area (Å²) < 4.78 is 1.93. The van der Waals surface area contributed by atoms with Gasteiger partial charge in [0.05, 0.1) is 11.9 Å². The SMILES string of the molecule is CC(C)Cn1ccc(-c2cnc(N)[nH]2)n1. The third-order valence-electron chi connectivity index (χ3n) is 2.06. The molecule has 0 aliphatic carbocycles. The van der Waals surface area contributed by atoms with Crippen LogP contribution in [0.2, 0.25) is 0 Å². The van der Waals surface area contributed by atoms with Crippen molar-refractivity contribution in [2.45, 2.75) is 20.4 Å². The number of anilines is 1. The Morgan fingerprint density at radius 1 is 1.53 bits per heavy atom. The maximum atomic E-state index is 5.50. The molecule has 2 heterocycles. The number of nitrogens with one attached hydrogen (secondary N) is 1. The molecular formula is C10H15N5. The lowest BCUT2D eigenvalue weighted by Crippen LogP contribution is -2.04. The van der Waals surface area contributed by atoms with Crippen LogP contribution >= 0.6 is 0 Å². The minimum Gasteiger partial charge on any atom is -0.369 e. The minimum atomic E-state index is 0.420. The topological polar surface area (TPSA) is 72.5 Å². The fourth-order valence-electron chi connectivity index (χ4n) is 1.45. The number of hydrogen-bond donors (Lipinski definition) is 2. The molecule has 3 N–H and O–H groups in total. The number of hydrogen-bond acceptors (Lipinski definition) is 3. The Labute approximate surface area is 88.3 Å². The van der Waals surface area contributed by atoms with Crippen molar-refractivity contribution in [2.75, 3.05) is 5.73 Å². The van der Waals surface area contributed by atoms with Crippen molar-refractivity contribution < 1.29 is 0 Å². The number of aromatic amines is 1. The average molecular weight is 205 g/mol. The Hall–Kier alpha value is -1.78. The van der Waals surface area contributed by atoms with E-state index in [-0.39, 0.29) is 0 Å². The molecule has 0 radical (unpaired) electrons. The molecule has 2 aromatic heterocycles. The molecule has 0 aliphatic rings. The average Bonchev–Trinajstić information content (AvgIpc) is 2.72. The zero-order valence-electron chi connectivity index (χ0n) is 8.94. The first-order valence-electron chi connectivity index (χ1n) is 4.99. The minimum absolute atomic E-state index is 0.420. The van der Waals surface area contributed by atoms with E-state index in [0.29, 0.717) is 11.9 Å². The number of nitrogens with zero attached hydrogens (tertiary/aromatic N) is 3. The van der Waals surface area contributed by atoms with Gasteiger partial charge in [-0.3, -0.25) is 4.68 Å². The van der Waals surface area contributed by atoms with Crippen molar-refractivity contribution in [3.63, 3.8) is 0 Å². The van der Waals surface area contributed by atoms with E-state index in [1.54, 1.807) is 6.20 Å². The van der Waals surface area contributed by atoms with E-state index in [4.69, 9.17) is 5.73 Å². The van der Waals surface area contributed by atoms with Gasteiger partial charge >= 0.3 is 0 Å². The maximum Gasteiger partial charge on any atom is 0.197 e. The molecule has 0 spiro atoms. The Kier molecular flexibility index (Phi) is 2.45. The van der Waals surface area contributed by atoms with Crippen molar-refractivity contribution >= 4 is 5.95 Å². The molecule has 0 unspecified atom stereocenters. The Morgan fingerprint density at radius 3 is 2.93 bits per heavy atom. The lowest BCUT2D eigenvalue weighted by atomic mass is 10.2. The lowest BCUT2D eigenvalue weighted by Gasteiger charge is -2.03. The molecule has 0 amide bonds. The van der Waals surface area contributed by atoms with Crippen LogP contribution in [0.1, 0.15) is 13.8 Å². The fourth-order valence-corrected chi connectivity index (χ4v) is 1.45. The van der Waals surface area contributed by atoms with E-state index < -0.39 is 0 Å². The molecule has 0 atom stereocenters. The van der Waals surface area contributed by atoms with Gasteiger partial charge < -0.3 is 10.7 Å². The van der Waals surface area contributed by atoms with Gasteiger partial charge in [-0.15, -0.1) is 0 Å². The summed E-state index contributed by atoms with van der Waals surface area (Å²) in [6, 6.07) is 1.95. The summed E-state index contributed by atoms with van der Waals surface area (Å²) in [5.41, 5.74) is 7.23. The molecule has 2 rings (SSSR count). The van der Waals surface area contributed by atoms with Crippen LogP contribution in [0.15, 0.2) is 18.5 Å². The second kappa shape index (κ2) is 3.76. The zero-order chi connectivity index (χ0) is 10.8. The molecule has 5 heteroatoms. The first-order valence-corrected chi connectivity index (χ1v) is 4.99. The predicted molar refractivity (Wildman–Crippen MR) is 59.1 cm³/mol. The summed E-state index contributed by atoms with van der Waals surface area (Å²) in [4.78, 5) is 6.89. The van der Waals surface area contributed by atoms with Crippen molar-refractivity contribution in [1.29, 1.82) is 0 Å². The highest BCUT2D eigenvalue weighted by Crippen LogP contribution is 2.15. The Morgan fingerprint density at radius 2 is 2.33 bits per heavy atom. The van der Waals surface area contributed by atoms with Crippen LogP contribution in [-0.4, -0.2) is 19.7 Å². The first-order chi connectivity index (χ1) is 7.15. The number of nitrogens with two attached hydrogens (primary N) is 1. The highest BCUT2D eigenvalue weighted by Gasteiger charge is 2.05. The van der Waals surface area contributed by atoms with E-state index in [2.05, 4.69) is 28.9 Å². The molecule has 0 aromatic carbocycles. The summed E-state index contributed by atoms with van der Waals surface area (Å²) in [7, 11) is 0. The fraction of sp³-hybridized carbons (Fsp3) is 0.400. The molecule has 0 saturated heterocycles. The van der Waals surface area contributed by atoms with Gasteiger partial charge in [-0.2, -0.15) is 5.10 Å². The molecule has 15 heavy (non-hydrogen) atoms. The monoisotopic (exact) mass is 205 g/mol. The first kappa shape index (κ1) is 9.76. The second-order valence-corrected chi connectivity index (χ2v) is 4.00. The third kappa shape index (κ3) is 2.18. The van der Waals surface area contributed by atoms with Crippen molar-refractivity contribution in [3.8, 4) is 11.4 Å². The molecular weight excluding hydrogens is 190 g/mol. The van der Waals surface area contributed by atoms with Crippen LogP contribution in [0.3, 0.4) is 0 Å². The van der Waals surface area contributed by atoms with Crippen LogP contribution in [-0.2, 0) is 6.54 Å². The van der Waals surface area contributed by atoms with E-state index >= 15 is 0 Å². The smallest absolute Gasteiger partial charge is 0.197 e. The molecule has 5 nitrogen and oxygen atoms in total. The summed E-state index contributed by atoms with van der Waals surface area (Å²) >= 11 is 0. The summed E-state index contributed by atoms with van der Waals surface area (Å²) in [5, 5.41) is 4.42. The number of imidazole rings is 1. The Bertz CT molecular complexity index is 440. The van der Waals surface area contributed by atoms with Crippen molar-refractivity contribution in [2.24, 2.45) is 5.92 Å². The lowest BCUT2D eigenvalue weighted by molar-refractivity contribution is 0.484. The third-order valence-corrected chi connectivity index (χ3v) is 2.06. The predicted octanol–water partition coefficient (Wildman–Crippen LogP) is 1.51. The highest BCUT2D eigenvalue weighted by atomic mass is 15.3. The van der Waals surface area contributed by atoms with Crippen LogP contribution < -0.4 is 5.73 Å². The maximum absolute atomic E-state index is 5.50. The number of aromatic nitrogens is 4. The van der Waals surface area contributed by atoms with Gasteiger partial charge in [0.2, 0.25) is 0 Å². The van der Waals surface area contributed by atoms with Gasteiger partial charge in [0, 0.05) is 12.7 Å². The molecule has 0 aliphatic heterocycles. The van der Waals surface area contributed by atoms with E-state index in [9.17, 15) is 0 Å². The van der Waals surface area contributed by atoms with Crippen LogP contribution in [0.25, 0.3) is 11.4 Å². The summed E-state index contributed by atoms with van der Waals surface area (Å²) in [5.74, 6) is 1.01. The van der Waals surface area contributed by atoms with Crippen LogP contribution in [0, 0.1) is 5.92 Å². The standard InChI is InChI=1S/C10H15N5/c1-7(2)6-15-4-3-8(14-15)9-5-12-10(11)13-9/h3-5,7H,6H2,1-2H3,(H3,11,12,13). The van der Waals surface area contributed by atoms with E-state index in [0.717, 1.165) is 17.9 Å². The largest absolute Gasteiger partial charge is 0.369 e. The van der Waals surface area contributed by atoms with Gasteiger partial charge in [0.25, 0.3) is 0 Å².